The lowest BCUT2D eigenvalue weighted by Gasteiger charge is -2.27. The topological polar surface area (TPSA) is 52.6 Å². The van der Waals surface area contributed by atoms with E-state index < -0.39 is 14.7 Å². The van der Waals surface area contributed by atoms with E-state index in [0.717, 1.165) is 22.3 Å². The van der Waals surface area contributed by atoms with Crippen LogP contribution >= 0.6 is 37.9 Å². The minimum atomic E-state index is -3.39. The van der Waals surface area contributed by atoms with Crippen molar-refractivity contribution in [3.05, 3.63) is 119 Å². The number of halogens is 2. The zero-order valence-electron chi connectivity index (χ0n) is 18.7. The highest BCUT2D eigenvalue weighted by Gasteiger charge is 2.35. The third kappa shape index (κ3) is 3.95. The molecular weight excluding hydrogens is 533 g/mol. The molecule has 2 aliphatic rings. The molecule has 2 aliphatic heterocycles. The molecule has 0 fully saturated rings. The average molecular weight is 551 g/mol. The fourth-order valence-electron chi connectivity index (χ4n) is 4.47. The number of hydrogen-bond donors (Lipinski definition) is 0. The van der Waals surface area contributed by atoms with Gasteiger partial charge in [-0.1, -0.05) is 71.8 Å². The van der Waals surface area contributed by atoms with E-state index in [1.54, 1.807) is 60.7 Å². The minimum absolute atomic E-state index is 0.502. The normalized spacial score (nSPS) is 21.7. The van der Waals surface area contributed by atoms with Crippen LogP contribution in [0.15, 0.2) is 109 Å². The van der Waals surface area contributed by atoms with Crippen molar-refractivity contribution in [1.82, 2.24) is 0 Å². The van der Waals surface area contributed by atoms with Crippen molar-refractivity contribution in [3.8, 4) is 33.8 Å². The van der Waals surface area contributed by atoms with E-state index in [9.17, 15) is 9.13 Å². The standard InChI is InChI=1S/C28H18Cl2O4P2/c29-19-11-13-25-23(17-19)21-7-1-3-9-27(21)35(31,33-25)15-5-6-16-36(32)28-10-4-2-8-22(28)24-18-20(30)12-14-26(24)34-36/h1-18H/b15-5+,16-6+. The first-order valence-electron chi connectivity index (χ1n) is 11.1. The molecule has 0 bridgehead atoms. The molecule has 0 saturated heterocycles. The average Bonchev–Trinajstić information content (AvgIpc) is 2.88. The Morgan fingerprint density at radius 2 is 0.972 bits per heavy atom. The lowest BCUT2D eigenvalue weighted by Crippen LogP contribution is -2.16. The van der Waals surface area contributed by atoms with Crippen LogP contribution in [0.4, 0.5) is 0 Å². The van der Waals surface area contributed by atoms with E-state index in [1.165, 1.54) is 11.6 Å². The molecule has 4 aromatic rings. The third-order valence-corrected chi connectivity index (χ3v) is 10.7. The maximum atomic E-state index is 13.9. The van der Waals surface area contributed by atoms with Gasteiger partial charge in [0, 0.05) is 32.8 Å². The molecule has 8 heteroatoms. The Hall–Kier alpha value is -3.00. The van der Waals surface area contributed by atoms with Crippen LogP contribution in [0.25, 0.3) is 22.3 Å². The Labute approximate surface area is 218 Å². The van der Waals surface area contributed by atoms with Gasteiger partial charge in [-0.15, -0.1) is 0 Å². The first kappa shape index (κ1) is 23.4. The zero-order chi connectivity index (χ0) is 24.9. The summed E-state index contributed by atoms with van der Waals surface area (Å²) in [7, 11) is -6.78. The molecule has 0 aliphatic carbocycles. The van der Waals surface area contributed by atoms with Gasteiger partial charge in [0.15, 0.2) is 0 Å². The monoisotopic (exact) mass is 550 g/mol. The maximum Gasteiger partial charge on any atom is 0.300 e. The lowest BCUT2D eigenvalue weighted by atomic mass is 10.0. The molecule has 0 radical (unpaired) electrons. The molecule has 2 atom stereocenters. The van der Waals surface area contributed by atoms with Crippen LogP contribution < -0.4 is 19.7 Å². The van der Waals surface area contributed by atoms with Crippen LogP contribution in [0.3, 0.4) is 0 Å². The highest BCUT2D eigenvalue weighted by Crippen LogP contribution is 2.57. The Morgan fingerprint density at radius 1 is 0.556 bits per heavy atom. The molecule has 0 amide bonds. The third-order valence-electron chi connectivity index (χ3n) is 6.09. The summed E-state index contributed by atoms with van der Waals surface area (Å²) in [5.74, 6) is 4.05. The van der Waals surface area contributed by atoms with Crippen LogP contribution in [-0.2, 0) is 9.13 Å². The lowest BCUT2D eigenvalue weighted by molar-refractivity contribution is 0.499. The molecule has 6 rings (SSSR count). The van der Waals surface area contributed by atoms with Gasteiger partial charge in [-0.25, -0.2) is 0 Å². The molecule has 0 saturated carbocycles. The zero-order valence-corrected chi connectivity index (χ0v) is 22.0. The summed E-state index contributed by atoms with van der Waals surface area (Å²) in [5, 5.41) is 2.31. The molecule has 178 valence electrons. The summed E-state index contributed by atoms with van der Waals surface area (Å²) in [6.45, 7) is 0. The van der Waals surface area contributed by atoms with Gasteiger partial charge in [0.25, 0.3) is 14.7 Å². The Kier molecular flexibility index (Phi) is 5.74. The fourth-order valence-corrected chi connectivity index (χ4v) is 8.66. The minimum Gasteiger partial charge on any atom is -0.437 e. The summed E-state index contributed by atoms with van der Waals surface area (Å²) >= 11 is 12.4. The van der Waals surface area contributed by atoms with Crippen molar-refractivity contribution in [3.63, 3.8) is 0 Å². The SMILES string of the molecule is O=P1(/C=C/C=C/P2(=O)Oc3ccc(Cl)cc3-c3ccccc32)Oc2ccc(Cl)cc2-c2ccccc21. The molecule has 36 heavy (non-hydrogen) atoms. The van der Waals surface area contributed by atoms with Crippen LogP contribution in [0, 0.1) is 0 Å². The van der Waals surface area contributed by atoms with Crippen molar-refractivity contribution in [2.24, 2.45) is 0 Å². The van der Waals surface area contributed by atoms with Gasteiger partial charge >= 0.3 is 0 Å². The van der Waals surface area contributed by atoms with Crippen LogP contribution in [0.5, 0.6) is 11.5 Å². The fraction of sp³-hybridized carbons (Fsp3) is 0. The summed E-state index contributed by atoms with van der Waals surface area (Å²) in [6.07, 6.45) is 3.20. The molecule has 4 aromatic carbocycles. The maximum absolute atomic E-state index is 13.9. The van der Waals surface area contributed by atoms with E-state index in [4.69, 9.17) is 32.2 Å². The number of allylic oxidation sites excluding steroid dienone is 2. The molecule has 0 N–H and O–H groups in total. The predicted molar refractivity (Wildman–Crippen MR) is 148 cm³/mol. The molecular formula is C28H18Cl2O4P2. The summed E-state index contributed by atoms with van der Waals surface area (Å²) in [5.41, 5.74) is 3.21. The number of rotatable bonds is 3. The second-order valence-corrected chi connectivity index (χ2v) is 13.6. The van der Waals surface area contributed by atoms with Gasteiger partial charge in [0.1, 0.15) is 11.5 Å². The highest BCUT2D eigenvalue weighted by molar-refractivity contribution is 7.71. The van der Waals surface area contributed by atoms with Gasteiger partial charge in [-0.3, -0.25) is 9.13 Å². The summed E-state index contributed by atoms with van der Waals surface area (Å²) < 4.78 is 39.9. The van der Waals surface area contributed by atoms with E-state index >= 15 is 0 Å². The molecule has 4 nitrogen and oxygen atoms in total. The van der Waals surface area contributed by atoms with Crippen LogP contribution in [0.2, 0.25) is 10.0 Å². The van der Waals surface area contributed by atoms with Gasteiger partial charge in [-0.2, -0.15) is 0 Å². The van der Waals surface area contributed by atoms with Crippen LogP contribution in [0.1, 0.15) is 0 Å². The van der Waals surface area contributed by atoms with Gasteiger partial charge in [-0.05, 0) is 59.7 Å². The van der Waals surface area contributed by atoms with E-state index in [1.807, 2.05) is 36.4 Å². The van der Waals surface area contributed by atoms with E-state index in [0.29, 0.717) is 32.2 Å². The number of benzene rings is 4. The van der Waals surface area contributed by atoms with Gasteiger partial charge < -0.3 is 9.05 Å². The quantitative estimate of drug-likeness (QED) is 0.189. The highest BCUT2D eigenvalue weighted by atomic mass is 35.5. The second-order valence-electron chi connectivity index (χ2n) is 8.37. The second kappa shape index (κ2) is 8.83. The Bertz CT molecular complexity index is 1570. The smallest absolute Gasteiger partial charge is 0.300 e. The largest absolute Gasteiger partial charge is 0.437 e. The van der Waals surface area contributed by atoms with Gasteiger partial charge in [0.05, 0.1) is 10.6 Å². The number of fused-ring (bicyclic) bond motifs is 6. The van der Waals surface area contributed by atoms with Crippen LogP contribution in [-0.4, -0.2) is 0 Å². The summed E-state index contributed by atoms with van der Waals surface area (Å²) in [4.78, 5) is 0. The Morgan fingerprint density at radius 3 is 1.42 bits per heavy atom. The van der Waals surface area contributed by atoms with Crippen molar-refractivity contribution in [2.45, 2.75) is 0 Å². The first-order chi connectivity index (χ1) is 17.4. The van der Waals surface area contributed by atoms with Gasteiger partial charge in [0.2, 0.25) is 0 Å². The molecule has 2 heterocycles. The molecule has 0 aromatic heterocycles. The molecule has 2 unspecified atom stereocenters. The van der Waals surface area contributed by atoms with Crippen molar-refractivity contribution >= 4 is 48.5 Å². The van der Waals surface area contributed by atoms with Crippen molar-refractivity contribution in [1.29, 1.82) is 0 Å². The predicted octanol–water partition coefficient (Wildman–Crippen LogP) is 8.65. The molecule has 0 spiro atoms. The van der Waals surface area contributed by atoms with E-state index in [-0.39, 0.29) is 0 Å². The summed E-state index contributed by atoms with van der Waals surface area (Å²) in [6, 6.07) is 25.3. The van der Waals surface area contributed by atoms with E-state index in [2.05, 4.69) is 0 Å². The van der Waals surface area contributed by atoms with Crippen molar-refractivity contribution < 1.29 is 18.2 Å². The van der Waals surface area contributed by atoms with Crippen molar-refractivity contribution in [2.75, 3.05) is 0 Å². The Balaban J connectivity index is 1.35. The first-order valence-corrected chi connectivity index (χ1v) is 15.3. The number of hydrogen-bond acceptors (Lipinski definition) is 4.